The van der Waals surface area contributed by atoms with Crippen molar-refractivity contribution >= 4 is 53.6 Å². The van der Waals surface area contributed by atoms with Crippen LogP contribution in [0.2, 0.25) is 0 Å². The molecule has 122 valence electrons. The predicted octanol–water partition coefficient (Wildman–Crippen LogP) is 5.83. The van der Waals surface area contributed by atoms with Gasteiger partial charge in [0.15, 0.2) is 5.78 Å². The van der Waals surface area contributed by atoms with Crippen LogP contribution in [0.4, 0.5) is 8.78 Å². The molecule has 1 atom stereocenters. The molecule has 1 unspecified atom stereocenters. The number of rotatable bonds is 3. The van der Waals surface area contributed by atoms with Gasteiger partial charge >= 0.3 is 0 Å². The van der Waals surface area contributed by atoms with Crippen LogP contribution in [-0.2, 0) is 4.74 Å². The highest BCUT2D eigenvalue weighted by Crippen LogP contribution is 2.31. The lowest BCUT2D eigenvalue weighted by Gasteiger charge is -1.98. The molecule has 7 heteroatoms. The van der Waals surface area contributed by atoms with Crippen LogP contribution in [-0.4, -0.2) is 17.7 Å². The molecule has 1 fully saturated rings. The van der Waals surface area contributed by atoms with Crippen LogP contribution in [0, 0.1) is 11.6 Å². The molecule has 2 nitrogen and oxygen atoms in total. The number of ether oxygens (including phenoxy) is 1. The van der Waals surface area contributed by atoms with E-state index < -0.39 is 5.82 Å². The van der Waals surface area contributed by atoms with Gasteiger partial charge in [0.2, 0.25) is 0 Å². The Morgan fingerprint density at radius 1 is 1.09 bits per heavy atom. The van der Waals surface area contributed by atoms with Gasteiger partial charge in [-0.25, -0.2) is 8.78 Å². The van der Waals surface area contributed by atoms with Gasteiger partial charge in [-0.2, -0.15) is 0 Å². The second-order valence-electron chi connectivity index (χ2n) is 4.68. The molecule has 1 aliphatic heterocycles. The topological polar surface area (TPSA) is 29.6 Å². The normalized spacial score (nSPS) is 15.6. The van der Waals surface area contributed by atoms with E-state index in [1.807, 2.05) is 6.07 Å². The molecule has 2 aromatic carbocycles. The van der Waals surface area contributed by atoms with E-state index in [2.05, 4.69) is 47.8 Å². The molecule has 1 heterocycles. The quantitative estimate of drug-likeness (QED) is 0.294. The van der Waals surface area contributed by atoms with Gasteiger partial charge in [-0.05, 0) is 61.7 Å². The third kappa shape index (κ3) is 5.45. The SMILES string of the molecule is Fc1cc(C2CO2)ccc1Br.O=C(CBr)c1ccc(Br)c(F)c1. The summed E-state index contributed by atoms with van der Waals surface area (Å²) in [6.45, 7) is 0.723. The highest BCUT2D eigenvalue weighted by molar-refractivity contribution is 9.10. The first-order chi connectivity index (χ1) is 10.9. The zero-order chi connectivity index (χ0) is 17.0. The van der Waals surface area contributed by atoms with Gasteiger partial charge in [-0.15, -0.1) is 0 Å². The van der Waals surface area contributed by atoms with Crippen LogP contribution in [0.15, 0.2) is 45.3 Å². The molecule has 0 spiro atoms. The first kappa shape index (κ1) is 18.7. The minimum absolute atomic E-state index is 0.124. The summed E-state index contributed by atoms with van der Waals surface area (Å²) in [7, 11) is 0. The number of carbonyl (C=O) groups excluding carboxylic acids is 1. The standard InChI is InChI=1S/C8H5Br2FO.C8H6BrFO/c9-4-8(12)5-1-2-6(10)7(11)3-5;9-6-2-1-5(3-7(6)10)8-4-11-8/h1-3H,4H2;1-3,8H,4H2. The van der Waals surface area contributed by atoms with Crippen molar-refractivity contribution in [3.05, 3.63) is 68.1 Å². The van der Waals surface area contributed by atoms with E-state index in [4.69, 9.17) is 4.74 Å². The van der Waals surface area contributed by atoms with E-state index >= 15 is 0 Å². The Morgan fingerprint density at radius 3 is 2.13 bits per heavy atom. The molecule has 1 saturated heterocycles. The number of ketones is 1. The van der Waals surface area contributed by atoms with Crippen LogP contribution in [0.1, 0.15) is 22.0 Å². The Kier molecular flexibility index (Phi) is 6.88. The summed E-state index contributed by atoms with van der Waals surface area (Å²) >= 11 is 9.10. The molecular formula is C16H11Br3F2O2. The number of hydrogen-bond donors (Lipinski definition) is 0. The van der Waals surface area contributed by atoms with Crippen LogP contribution >= 0.6 is 47.8 Å². The number of halogens is 5. The summed E-state index contributed by atoms with van der Waals surface area (Å²) in [5.41, 5.74) is 1.30. The number of carbonyl (C=O) groups is 1. The van der Waals surface area contributed by atoms with E-state index in [9.17, 15) is 13.6 Å². The fourth-order valence-corrected chi connectivity index (χ4v) is 2.52. The van der Waals surface area contributed by atoms with Crippen LogP contribution < -0.4 is 0 Å². The number of alkyl halides is 1. The summed E-state index contributed by atoms with van der Waals surface area (Å²) in [6, 6.07) is 9.38. The second-order valence-corrected chi connectivity index (χ2v) is 6.95. The molecule has 0 radical (unpaired) electrons. The Labute approximate surface area is 157 Å². The monoisotopic (exact) mass is 510 g/mol. The molecule has 2 aromatic rings. The fraction of sp³-hybridized carbons (Fsp3) is 0.188. The van der Waals surface area contributed by atoms with Crippen molar-refractivity contribution in [1.82, 2.24) is 0 Å². The number of hydrogen-bond acceptors (Lipinski definition) is 2. The Balaban J connectivity index is 0.000000167. The summed E-state index contributed by atoms with van der Waals surface area (Å²) in [6.07, 6.45) is 0.137. The van der Waals surface area contributed by atoms with Crippen molar-refractivity contribution in [3.8, 4) is 0 Å². The largest absolute Gasteiger partial charge is 0.368 e. The van der Waals surface area contributed by atoms with Gasteiger partial charge in [-0.3, -0.25) is 4.79 Å². The summed E-state index contributed by atoms with van der Waals surface area (Å²) in [5.74, 6) is -0.763. The Hall–Kier alpha value is -0.630. The summed E-state index contributed by atoms with van der Waals surface area (Å²) in [5, 5.41) is 0.216. The summed E-state index contributed by atoms with van der Waals surface area (Å²) < 4.78 is 31.6. The average Bonchev–Trinajstić information content (AvgIpc) is 3.37. The molecule has 0 aliphatic carbocycles. The molecule has 1 aliphatic rings. The van der Waals surface area contributed by atoms with Crippen molar-refractivity contribution in [2.24, 2.45) is 0 Å². The molecule has 0 amide bonds. The average molecular weight is 513 g/mol. The number of epoxide rings is 1. The summed E-state index contributed by atoms with van der Waals surface area (Å²) in [4.78, 5) is 11.0. The minimum atomic E-state index is -0.415. The molecule has 0 N–H and O–H groups in total. The van der Waals surface area contributed by atoms with Gasteiger partial charge in [0.05, 0.1) is 20.9 Å². The predicted molar refractivity (Wildman–Crippen MR) is 95.0 cm³/mol. The molecule has 23 heavy (non-hydrogen) atoms. The lowest BCUT2D eigenvalue weighted by molar-refractivity contribution is 0.102. The highest BCUT2D eigenvalue weighted by atomic mass is 79.9. The highest BCUT2D eigenvalue weighted by Gasteiger charge is 2.25. The zero-order valence-electron chi connectivity index (χ0n) is 11.7. The van der Waals surface area contributed by atoms with Gasteiger partial charge in [-0.1, -0.05) is 28.1 Å². The fourth-order valence-electron chi connectivity index (χ4n) is 1.70. The van der Waals surface area contributed by atoms with Crippen molar-refractivity contribution in [2.75, 3.05) is 11.9 Å². The van der Waals surface area contributed by atoms with Gasteiger partial charge in [0.25, 0.3) is 0 Å². The Morgan fingerprint density at radius 2 is 1.65 bits per heavy atom. The molecule has 3 rings (SSSR count). The van der Waals surface area contributed by atoms with Crippen molar-refractivity contribution < 1.29 is 18.3 Å². The van der Waals surface area contributed by atoms with Crippen molar-refractivity contribution in [2.45, 2.75) is 6.10 Å². The maximum Gasteiger partial charge on any atom is 0.173 e. The third-order valence-electron chi connectivity index (χ3n) is 3.01. The molecule has 0 aromatic heterocycles. The van der Waals surface area contributed by atoms with E-state index in [1.54, 1.807) is 12.1 Å². The maximum absolute atomic E-state index is 12.9. The smallest absolute Gasteiger partial charge is 0.173 e. The van der Waals surface area contributed by atoms with Crippen LogP contribution in [0.25, 0.3) is 0 Å². The second kappa shape index (κ2) is 8.46. The molecular weight excluding hydrogens is 502 g/mol. The minimum Gasteiger partial charge on any atom is -0.368 e. The van der Waals surface area contributed by atoms with E-state index in [0.29, 0.717) is 14.5 Å². The number of Topliss-reactive ketones (excluding diaryl/α,β-unsaturated/α-hetero) is 1. The van der Waals surface area contributed by atoms with Gasteiger partial charge in [0, 0.05) is 5.56 Å². The van der Waals surface area contributed by atoms with Crippen LogP contribution in [0.3, 0.4) is 0 Å². The first-order valence-electron chi connectivity index (χ1n) is 6.53. The molecule has 0 saturated carbocycles. The van der Waals surface area contributed by atoms with Gasteiger partial charge < -0.3 is 4.74 Å². The first-order valence-corrected chi connectivity index (χ1v) is 9.24. The Bertz CT molecular complexity index is 718. The molecule has 0 bridgehead atoms. The number of benzene rings is 2. The van der Waals surface area contributed by atoms with Gasteiger partial charge in [0.1, 0.15) is 17.7 Å². The van der Waals surface area contributed by atoms with Crippen molar-refractivity contribution in [3.63, 3.8) is 0 Å². The maximum atomic E-state index is 12.9. The van der Waals surface area contributed by atoms with Crippen molar-refractivity contribution in [1.29, 1.82) is 0 Å². The lowest BCUT2D eigenvalue weighted by atomic mass is 10.1. The zero-order valence-corrected chi connectivity index (χ0v) is 16.4. The third-order valence-corrected chi connectivity index (χ3v) is 4.81. The van der Waals surface area contributed by atoms with E-state index in [-0.39, 0.29) is 23.0 Å². The lowest BCUT2D eigenvalue weighted by Crippen LogP contribution is -2.00. The van der Waals surface area contributed by atoms with E-state index in [1.165, 1.54) is 18.2 Å². The van der Waals surface area contributed by atoms with E-state index in [0.717, 1.165) is 12.2 Å². The van der Waals surface area contributed by atoms with Crippen LogP contribution in [0.5, 0.6) is 0 Å².